The Hall–Kier alpha value is -0.900. The van der Waals surface area contributed by atoms with E-state index in [0.29, 0.717) is 5.92 Å². The number of thiazole rings is 1. The van der Waals surface area contributed by atoms with E-state index in [2.05, 4.69) is 30.9 Å². The number of allylic oxidation sites excluding steroid dienone is 1. The van der Waals surface area contributed by atoms with Gasteiger partial charge >= 0.3 is 0 Å². The highest BCUT2D eigenvalue weighted by atomic mass is 35.5. The van der Waals surface area contributed by atoms with Crippen LogP contribution in [0.5, 0.6) is 0 Å². The second-order valence-electron chi connectivity index (χ2n) is 6.02. The molecule has 1 fully saturated rings. The first-order chi connectivity index (χ1) is 10.1. The fourth-order valence-corrected chi connectivity index (χ4v) is 4.05. The van der Waals surface area contributed by atoms with E-state index in [9.17, 15) is 0 Å². The second-order valence-corrected chi connectivity index (χ2v) is 7.52. The van der Waals surface area contributed by atoms with Crippen molar-refractivity contribution >= 4 is 33.2 Å². The molecule has 2 aromatic rings. The lowest BCUT2D eigenvalue weighted by molar-refractivity contribution is 0.232. The Bertz CT molecular complexity index is 650. The monoisotopic (exact) mass is 320 g/mol. The van der Waals surface area contributed by atoms with Gasteiger partial charge in [0.1, 0.15) is 0 Å². The quantitative estimate of drug-likeness (QED) is 0.732. The molecule has 0 N–H and O–H groups in total. The van der Waals surface area contributed by atoms with E-state index in [0.717, 1.165) is 17.1 Å². The van der Waals surface area contributed by atoms with Crippen molar-refractivity contribution in [1.29, 1.82) is 0 Å². The van der Waals surface area contributed by atoms with Crippen molar-refractivity contribution in [3.8, 4) is 0 Å². The van der Waals surface area contributed by atoms with Crippen molar-refractivity contribution in [1.82, 2.24) is 9.88 Å². The number of likely N-dealkylation sites (tertiary alicyclic amines) is 1. The van der Waals surface area contributed by atoms with Gasteiger partial charge < -0.3 is 0 Å². The zero-order valence-corrected chi connectivity index (χ0v) is 14.2. The van der Waals surface area contributed by atoms with Crippen LogP contribution >= 0.6 is 22.9 Å². The molecule has 112 valence electrons. The molecule has 1 aliphatic rings. The zero-order chi connectivity index (χ0) is 14.8. The molecule has 0 radical (unpaired) electrons. The summed E-state index contributed by atoms with van der Waals surface area (Å²) < 4.78 is 1.25. The van der Waals surface area contributed by atoms with Crippen LogP contribution < -0.4 is 0 Å². The third-order valence-electron chi connectivity index (χ3n) is 4.06. The average Bonchev–Trinajstić information content (AvgIpc) is 2.88. The first kappa shape index (κ1) is 15.0. The van der Waals surface area contributed by atoms with Crippen LogP contribution in [0.1, 0.15) is 37.6 Å². The van der Waals surface area contributed by atoms with Crippen LogP contribution in [0.4, 0.5) is 0 Å². The highest BCUT2D eigenvalue weighted by Gasteiger charge is 2.22. The summed E-state index contributed by atoms with van der Waals surface area (Å²) in [4.78, 5) is 7.34. The number of benzene rings is 1. The lowest BCUT2D eigenvalue weighted by Gasteiger charge is -2.30. The minimum absolute atomic E-state index is 0.615. The van der Waals surface area contributed by atoms with Gasteiger partial charge in [0.25, 0.3) is 0 Å². The number of piperidine rings is 1. The summed E-state index contributed by atoms with van der Waals surface area (Å²) in [7, 11) is 0. The van der Waals surface area contributed by atoms with Crippen LogP contribution in [0.15, 0.2) is 29.8 Å². The van der Waals surface area contributed by atoms with Gasteiger partial charge in [0.05, 0.1) is 15.2 Å². The predicted octanol–water partition coefficient (Wildman–Crippen LogP) is 5.10. The Morgan fingerprint density at radius 3 is 2.86 bits per heavy atom. The summed E-state index contributed by atoms with van der Waals surface area (Å²) in [6.45, 7) is 7.76. The summed E-state index contributed by atoms with van der Waals surface area (Å²) in [6.07, 6.45) is 4.74. The second kappa shape index (κ2) is 6.47. The molecule has 0 unspecified atom stereocenters. The zero-order valence-electron chi connectivity index (χ0n) is 12.6. The van der Waals surface area contributed by atoms with Crippen molar-refractivity contribution in [2.75, 3.05) is 19.6 Å². The third-order valence-corrected chi connectivity index (χ3v) is 5.49. The summed E-state index contributed by atoms with van der Waals surface area (Å²) in [5.74, 6) is 0.615. The number of nitrogens with zero attached hydrogens (tertiary/aromatic N) is 2. The van der Waals surface area contributed by atoms with Crippen LogP contribution in [0, 0.1) is 0 Å². The molecule has 3 rings (SSSR count). The molecule has 4 heteroatoms. The van der Waals surface area contributed by atoms with Crippen molar-refractivity contribution in [2.24, 2.45) is 0 Å². The van der Waals surface area contributed by atoms with Crippen LogP contribution in [0.25, 0.3) is 10.2 Å². The van der Waals surface area contributed by atoms with Gasteiger partial charge in [0.15, 0.2) is 0 Å². The molecule has 21 heavy (non-hydrogen) atoms. The third kappa shape index (κ3) is 3.65. The van der Waals surface area contributed by atoms with Gasteiger partial charge in [-0.05, 0) is 58.0 Å². The molecule has 0 spiro atoms. The van der Waals surface area contributed by atoms with E-state index in [1.807, 2.05) is 23.5 Å². The van der Waals surface area contributed by atoms with Crippen molar-refractivity contribution in [2.45, 2.75) is 32.6 Å². The first-order valence-corrected chi connectivity index (χ1v) is 8.73. The predicted molar refractivity (Wildman–Crippen MR) is 92.5 cm³/mol. The van der Waals surface area contributed by atoms with E-state index in [4.69, 9.17) is 16.6 Å². The summed E-state index contributed by atoms with van der Waals surface area (Å²) in [5, 5.41) is 2.06. The SMILES string of the molecule is CC(C)=CCN1CCC(c2nc3cc(Cl)ccc3s2)CC1. The number of hydrogen-bond donors (Lipinski definition) is 0. The maximum absolute atomic E-state index is 6.05. The Morgan fingerprint density at radius 2 is 2.14 bits per heavy atom. The fourth-order valence-electron chi connectivity index (χ4n) is 2.77. The lowest BCUT2D eigenvalue weighted by Crippen LogP contribution is -2.33. The topological polar surface area (TPSA) is 16.1 Å². The summed E-state index contributed by atoms with van der Waals surface area (Å²) in [5.41, 5.74) is 2.45. The Morgan fingerprint density at radius 1 is 1.38 bits per heavy atom. The highest BCUT2D eigenvalue weighted by molar-refractivity contribution is 7.18. The summed E-state index contributed by atoms with van der Waals surface area (Å²) in [6, 6.07) is 6.01. The molecular weight excluding hydrogens is 300 g/mol. The molecule has 1 aromatic carbocycles. The number of halogens is 1. The number of fused-ring (bicyclic) bond motifs is 1. The molecule has 0 atom stereocenters. The molecule has 2 nitrogen and oxygen atoms in total. The molecule has 0 saturated carbocycles. The van der Waals surface area contributed by atoms with Crippen LogP contribution in [-0.2, 0) is 0 Å². The lowest BCUT2D eigenvalue weighted by atomic mass is 9.97. The molecule has 2 heterocycles. The number of aromatic nitrogens is 1. The molecule has 0 amide bonds. The fraction of sp³-hybridized carbons (Fsp3) is 0.471. The van der Waals surface area contributed by atoms with E-state index in [1.165, 1.54) is 41.2 Å². The van der Waals surface area contributed by atoms with Crippen LogP contribution in [0.3, 0.4) is 0 Å². The highest BCUT2D eigenvalue weighted by Crippen LogP contribution is 2.34. The molecule has 1 saturated heterocycles. The Labute approximate surface area is 135 Å². The number of hydrogen-bond acceptors (Lipinski definition) is 3. The van der Waals surface area contributed by atoms with Gasteiger partial charge in [-0.25, -0.2) is 4.98 Å². The van der Waals surface area contributed by atoms with Crippen molar-refractivity contribution in [3.05, 3.63) is 39.9 Å². The minimum Gasteiger partial charge on any atom is -0.300 e. The van der Waals surface area contributed by atoms with Crippen LogP contribution in [0.2, 0.25) is 5.02 Å². The van der Waals surface area contributed by atoms with Gasteiger partial charge in [-0.2, -0.15) is 0 Å². The first-order valence-electron chi connectivity index (χ1n) is 7.53. The van der Waals surface area contributed by atoms with E-state index < -0.39 is 0 Å². The molecular formula is C17H21ClN2S. The van der Waals surface area contributed by atoms with Crippen LogP contribution in [-0.4, -0.2) is 29.5 Å². The molecule has 0 aliphatic carbocycles. The maximum Gasteiger partial charge on any atom is 0.0970 e. The van der Waals surface area contributed by atoms with Crippen molar-refractivity contribution in [3.63, 3.8) is 0 Å². The van der Waals surface area contributed by atoms with Crippen molar-refractivity contribution < 1.29 is 0 Å². The molecule has 1 aromatic heterocycles. The molecule has 0 bridgehead atoms. The van der Waals surface area contributed by atoms with Gasteiger partial charge in [-0.3, -0.25) is 4.90 Å². The number of rotatable bonds is 3. The smallest absolute Gasteiger partial charge is 0.0970 e. The average molecular weight is 321 g/mol. The van der Waals surface area contributed by atoms with E-state index in [1.54, 1.807) is 0 Å². The molecule has 1 aliphatic heterocycles. The maximum atomic E-state index is 6.05. The Kier molecular flexibility index (Phi) is 4.63. The standard InChI is InChI=1S/C17H21ClN2S/c1-12(2)5-8-20-9-6-13(7-10-20)17-19-15-11-14(18)3-4-16(15)21-17/h3-5,11,13H,6-10H2,1-2H3. The van der Waals surface area contributed by atoms with Gasteiger partial charge in [-0.1, -0.05) is 23.3 Å². The van der Waals surface area contributed by atoms with E-state index >= 15 is 0 Å². The van der Waals surface area contributed by atoms with E-state index in [-0.39, 0.29) is 0 Å². The van der Waals surface area contributed by atoms with Gasteiger partial charge in [0, 0.05) is 17.5 Å². The Balaban J connectivity index is 1.66. The largest absolute Gasteiger partial charge is 0.300 e. The summed E-state index contributed by atoms with van der Waals surface area (Å²) >= 11 is 7.88. The minimum atomic E-state index is 0.615. The van der Waals surface area contributed by atoms with Gasteiger partial charge in [-0.15, -0.1) is 11.3 Å². The van der Waals surface area contributed by atoms with Gasteiger partial charge in [0.2, 0.25) is 0 Å². The normalized spacial score (nSPS) is 17.3.